The standard InChI is InChI=1S/C27H31N5O2.C25H27N5O3.C5H11NO2.CH4/c1-2-22(33)12-8-3-4-9-17-34-23-15-13-21(14-16-23)30-27-31-24(18-20-10-6-5-7-11-20)25-26(32-27)29-19-28-25;31-22(32)10-6-1-2-7-15-33-20-13-11-19(12-14-20)28-25-29-21(16-18-8-4-3-5-9-18)23-24(30-25)27-17-26-23;6-8-5-3-1-2-4-7-5;/h5-7,10-11,13-16,19H,2-4,8-9,12,17-18H2,1H3,(H2,28,29,30,31,32);3-5,8-9,11-14,17H,1-2,6-7,10,15-16H2,(H,31,32)(H2,26,27,28,29,30);5H,1-4,6H2;1H4. The molecule has 8 aromatic rings. The second-order valence-corrected chi connectivity index (χ2v) is 18.1. The van der Waals surface area contributed by atoms with Crippen LogP contribution in [0.3, 0.4) is 0 Å². The van der Waals surface area contributed by atoms with Crippen LogP contribution in [0.1, 0.15) is 127 Å². The highest BCUT2D eigenvalue weighted by atomic mass is 16.7. The summed E-state index contributed by atoms with van der Waals surface area (Å²) in [6.07, 6.45) is 17.0. The lowest BCUT2D eigenvalue weighted by Gasteiger charge is -2.19. The molecule has 1 aliphatic rings. The van der Waals surface area contributed by atoms with E-state index in [9.17, 15) is 9.59 Å². The molecule has 0 aliphatic carbocycles. The minimum absolute atomic E-state index is 0. The number of nitrogens with two attached hydrogens (primary N) is 1. The molecule has 1 saturated heterocycles. The van der Waals surface area contributed by atoms with Crippen LogP contribution in [0.15, 0.2) is 122 Å². The third-order valence-corrected chi connectivity index (χ3v) is 12.2. The molecule has 18 heteroatoms. The number of hydrogen-bond acceptors (Lipinski definition) is 15. The summed E-state index contributed by atoms with van der Waals surface area (Å²) in [5.41, 5.74) is 8.84. The lowest BCUT2D eigenvalue weighted by molar-refractivity contribution is -0.164. The molecule has 9 rings (SSSR count). The molecule has 1 aliphatic heterocycles. The molecule has 0 saturated carbocycles. The molecule has 18 nitrogen and oxygen atoms in total. The largest absolute Gasteiger partial charge is 0.494 e. The van der Waals surface area contributed by atoms with Crippen molar-refractivity contribution in [3.8, 4) is 11.5 Å². The fourth-order valence-corrected chi connectivity index (χ4v) is 8.14. The van der Waals surface area contributed by atoms with Crippen molar-refractivity contribution in [2.45, 2.75) is 123 Å². The first-order chi connectivity index (χ1) is 36.8. The van der Waals surface area contributed by atoms with Crippen LogP contribution in [-0.2, 0) is 32.0 Å². The minimum atomic E-state index is -0.734. The summed E-state index contributed by atoms with van der Waals surface area (Å²) < 4.78 is 16.7. The number of carbonyl (C=O) groups excluding carboxylic acids is 1. The van der Waals surface area contributed by atoms with Crippen molar-refractivity contribution < 1.29 is 33.7 Å². The van der Waals surface area contributed by atoms with Gasteiger partial charge in [-0.2, -0.15) is 9.97 Å². The summed E-state index contributed by atoms with van der Waals surface area (Å²) in [5, 5.41) is 15.2. The van der Waals surface area contributed by atoms with Crippen LogP contribution in [-0.4, -0.2) is 82.8 Å². The topological polar surface area (TPSA) is 250 Å². The molecular weight excluding hydrogens is 963 g/mol. The van der Waals surface area contributed by atoms with E-state index >= 15 is 0 Å². The normalized spacial score (nSPS) is 12.8. The lowest BCUT2D eigenvalue weighted by Crippen LogP contribution is -2.24. The third-order valence-electron chi connectivity index (χ3n) is 12.2. The van der Waals surface area contributed by atoms with Crippen molar-refractivity contribution in [1.82, 2.24) is 39.9 Å². The zero-order valence-electron chi connectivity index (χ0n) is 42.7. The van der Waals surface area contributed by atoms with E-state index in [2.05, 4.69) is 69.6 Å². The Labute approximate surface area is 445 Å². The summed E-state index contributed by atoms with van der Waals surface area (Å²) in [4.78, 5) is 59.8. The molecule has 7 N–H and O–H groups in total. The molecule has 76 heavy (non-hydrogen) atoms. The summed E-state index contributed by atoms with van der Waals surface area (Å²) >= 11 is 0. The van der Waals surface area contributed by atoms with Crippen LogP contribution in [0.4, 0.5) is 23.3 Å². The van der Waals surface area contributed by atoms with E-state index in [0.29, 0.717) is 67.9 Å². The van der Waals surface area contributed by atoms with Crippen LogP contribution in [0.5, 0.6) is 11.5 Å². The van der Waals surface area contributed by atoms with Crippen molar-refractivity contribution >= 4 is 57.4 Å². The predicted octanol–water partition coefficient (Wildman–Crippen LogP) is 12.1. The van der Waals surface area contributed by atoms with Gasteiger partial charge in [-0.15, -0.1) is 0 Å². The third kappa shape index (κ3) is 19.5. The number of carboxylic acid groups (broad SMARTS) is 1. The van der Waals surface area contributed by atoms with E-state index < -0.39 is 5.97 Å². The van der Waals surface area contributed by atoms with Crippen LogP contribution in [0.2, 0.25) is 0 Å². The Hall–Kier alpha value is -7.80. The van der Waals surface area contributed by atoms with Gasteiger partial charge in [0.2, 0.25) is 11.9 Å². The number of hydrogen-bond donors (Lipinski definition) is 6. The molecular formula is C58H73N11O7. The number of benzene rings is 4. The average Bonchev–Trinajstić information content (AvgIpc) is 4.14. The molecule has 0 spiro atoms. The number of aromatic nitrogens is 8. The quantitative estimate of drug-likeness (QED) is 0.0218. The number of ether oxygens (including phenoxy) is 3. The maximum Gasteiger partial charge on any atom is 0.303 e. The SMILES string of the molecule is C.CCC(=O)CCCCCCOc1ccc(Nc2nc(Cc3ccccc3)c3[nH]cnc3n2)cc1.NOC1CCCCO1.O=C(O)CCCCCCOc1ccc(Nc2nc(Cc3ccccc3)c3[nH]cnc3n2)cc1. The number of aromatic amines is 2. The summed E-state index contributed by atoms with van der Waals surface area (Å²) in [6, 6.07) is 35.9. The molecule has 4 aromatic heterocycles. The van der Waals surface area contributed by atoms with Crippen molar-refractivity contribution in [2.75, 3.05) is 30.5 Å². The molecule has 0 radical (unpaired) electrons. The second-order valence-electron chi connectivity index (χ2n) is 18.1. The Morgan fingerprint density at radius 3 is 1.53 bits per heavy atom. The van der Waals surface area contributed by atoms with Crippen molar-refractivity contribution in [1.29, 1.82) is 0 Å². The van der Waals surface area contributed by atoms with Gasteiger partial charge in [0, 0.05) is 56.5 Å². The molecule has 402 valence electrons. The van der Waals surface area contributed by atoms with Gasteiger partial charge in [0.1, 0.15) is 28.3 Å². The summed E-state index contributed by atoms with van der Waals surface area (Å²) in [5.74, 6) is 7.13. The Balaban J connectivity index is 0.000000212. The highest BCUT2D eigenvalue weighted by Gasteiger charge is 2.14. The molecule has 5 heterocycles. The number of fused-ring (bicyclic) bond motifs is 2. The van der Waals surface area contributed by atoms with Gasteiger partial charge in [-0.1, -0.05) is 101 Å². The van der Waals surface area contributed by atoms with E-state index in [1.807, 2.05) is 91.9 Å². The van der Waals surface area contributed by atoms with Gasteiger partial charge in [-0.25, -0.2) is 25.8 Å². The van der Waals surface area contributed by atoms with Crippen LogP contribution in [0.25, 0.3) is 22.3 Å². The Morgan fingerprint density at radius 1 is 0.632 bits per heavy atom. The molecule has 0 amide bonds. The maximum atomic E-state index is 11.3. The maximum absolute atomic E-state index is 11.3. The smallest absolute Gasteiger partial charge is 0.303 e. The second kappa shape index (κ2) is 31.8. The van der Waals surface area contributed by atoms with E-state index in [0.717, 1.165) is 116 Å². The number of unbranched alkanes of at least 4 members (excludes halogenated alkanes) is 6. The van der Waals surface area contributed by atoms with Gasteiger partial charge in [-0.05, 0) is 98.2 Å². The van der Waals surface area contributed by atoms with Gasteiger partial charge in [-0.3, -0.25) is 14.4 Å². The number of rotatable bonds is 26. The number of carboxylic acids is 1. The number of ketones is 1. The number of anilines is 4. The Kier molecular flexibility index (Phi) is 24.1. The van der Waals surface area contributed by atoms with Crippen molar-refractivity contribution in [2.24, 2.45) is 5.90 Å². The van der Waals surface area contributed by atoms with Gasteiger partial charge < -0.3 is 39.9 Å². The summed E-state index contributed by atoms with van der Waals surface area (Å²) in [6.45, 7) is 4.00. The van der Waals surface area contributed by atoms with Gasteiger partial charge in [0.25, 0.3) is 0 Å². The first-order valence-electron chi connectivity index (χ1n) is 26.0. The first-order valence-corrected chi connectivity index (χ1v) is 26.0. The zero-order valence-corrected chi connectivity index (χ0v) is 42.7. The number of imidazole rings is 2. The van der Waals surface area contributed by atoms with Gasteiger partial charge in [0.05, 0.1) is 37.3 Å². The molecule has 4 aromatic carbocycles. The number of carbonyl (C=O) groups is 2. The van der Waals surface area contributed by atoms with E-state index in [-0.39, 0.29) is 20.1 Å². The van der Waals surface area contributed by atoms with Gasteiger partial charge in [0.15, 0.2) is 17.6 Å². The minimum Gasteiger partial charge on any atom is -0.494 e. The molecule has 1 atom stereocenters. The number of H-pyrrole nitrogens is 2. The van der Waals surface area contributed by atoms with E-state index in [1.165, 1.54) is 17.5 Å². The Bertz CT molecular complexity index is 2910. The average molecular weight is 1040 g/mol. The fourth-order valence-electron chi connectivity index (χ4n) is 8.14. The van der Waals surface area contributed by atoms with E-state index in [4.69, 9.17) is 35.2 Å². The molecule has 1 unspecified atom stereocenters. The predicted molar refractivity (Wildman–Crippen MR) is 297 cm³/mol. The highest BCUT2D eigenvalue weighted by molar-refractivity contribution is 5.78. The van der Waals surface area contributed by atoms with Crippen LogP contribution >= 0.6 is 0 Å². The monoisotopic (exact) mass is 1040 g/mol. The van der Waals surface area contributed by atoms with Crippen molar-refractivity contribution in [3.63, 3.8) is 0 Å². The van der Waals surface area contributed by atoms with Crippen molar-refractivity contribution in [3.05, 3.63) is 144 Å². The van der Waals surface area contributed by atoms with E-state index in [1.54, 1.807) is 12.7 Å². The number of Topliss-reactive ketones (excluding diaryl/α,β-unsaturated/α-hetero) is 1. The Morgan fingerprint density at radius 2 is 1.11 bits per heavy atom. The first kappa shape index (κ1) is 57.5. The summed E-state index contributed by atoms with van der Waals surface area (Å²) in [7, 11) is 0. The number of aliphatic carboxylic acids is 1. The highest BCUT2D eigenvalue weighted by Crippen LogP contribution is 2.25. The lowest BCUT2D eigenvalue weighted by atomic mass is 10.1. The zero-order chi connectivity index (χ0) is 52.3. The molecule has 0 bridgehead atoms. The van der Waals surface area contributed by atoms with Gasteiger partial charge >= 0.3 is 5.97 Å². The number of nitrogens with zero attached hydrogens (tertiary/aromatic N) is 6. The van der Waals surface area contributed by atoms with Crippen LogP contribution < -0.4 is 26.0 Å². The van der Waals surface area contributed by atoms with Crippen LogP contribution in [0, 0.1) is 0 Å². The fraction of sp³-hybridized carbons (Fsp3) is 0.379. The number of nitrogens with one attached hydrogen (secondary N) is 4. The molecule has 1 fully saturated rings.